The number of benzene rings is 1. The van der Waals surface area contributed by atoms with E-state index in [-0.39, 0.29) is 6.79 Å². The Morgan fingerprint density at radius 1 is 1.24 bits per heavy atom. The molecule has 0 atom stereocenters. The fourth-order valence-corrected chi connectivity index (χ4v) is 3.07. The fourth-order valence-electron chi connectivity index (χ4n) is 3.07. The van der Waals surface area contributed by atoms with Gasteiger partial charge in [-0.3, -0.25) is 9.80 Å². The van der Waals surface area contributed by atoms with Gasteiger partial charge in [0.1, 0.15) is 19.3 Å². The summed E-state index contributed by atoms with van der Waals surface area (Å²) >= 11 is 0. The van der Waals surface area contributed by atoms with E-state index < -0.39 is 0 Å². The quantitative estimate of drug-likeness (QED) is 0.180. The second-order valence-corrected chi connectivity index (χ2v) is 7.47. The van der Waals surface area contributed by atoms with Crippen LogP contribution in [-0.4, -0.2) is 63.2 Å². The van der Waals surface area contributed by atoms with Crippen molar-refractivity contribution in [2.24, 2.45) is 0 Å². The number of methoxy groups -OCH3 is 1. The Kier molecular flexibility index (Phi) is 9.41. The van der Waals surface area contributed by atoms with E-state index in [1.807, 2.05) is 30.3 Å². The normalized spacial score (nSPS) is 15.4. The van der Waals surface area contributed by atoms with E-state index in [0.29, 0.717) is 19.4 Å². The highest BCUT2D eigenvalue weighted by Gasteiger charge is 2.29. The second kappa shape index (κ2) is 11.8. The van der Waals surface area contributed by atoms with E-state index in [9.17, 15) is 0 Å². The molecule has 6 heteroatoms. The summed E-state index contributed by atoms with van der Waals surface area (Å²) < 4.78 is 16.6. The van der Waals surface area contributed by atoms with Crippen molar-refractivity contribution in [1.82, 2.24) is 9.80 Å². The first-order valence-corrected chi connectivity index (χ1v) is 9.97. The Bertz CT molecular complexity index is 694. The van der Waals surface area contributed by atoms with Crippen molar-refractivity contribution >= 4 is 5.69 Å². The minimum absolute atomic E-state index is 0.272. The Morgan fingerprint density at radius 3 is 2.55 bits per heavy atom. The van der Waals surface area contributed by atoms with Crippen LogP contribution >= 0.6 is 0 Å². The van der Waals surface area contributed by atoms with Crippen LogP contribution in [0, 0.1) is 0 Å². The third-order valence-corrected chi connectivity index (χ3v) is 5.03. The van der Waals surface area contributed by atoms with Crippen molar-refractivity contribution in [2.45, 2.75) is 26.0 Å². The molecule has 1 aliphatic rings. The molecule has 0 aromatic heterocycles. The number of anilines is 1. The molecule has 2 N–H and O–H groups in total. The summed E-state index contributed by atoms with van der Waals surface area (Å²) in [5.74, 6) is 0.819. The number of nitrogens with two attached hydrogens (primary N) is 1. The van der Waals surface area contributed by atoms with Gasteiger partial charge in [-0.15, -0.1) is 0 Å². The third kappa shape index (κ3) is 7.66. The fraction of sp³-hybridized carbons (Fsp3) is 0.478. The van der Waals surface area contributed by atoms with E-state index >= 15 is 0 Å². The molecule has 0 radical (unpaired) electrons. The van der Waals surface area contributed by atoms with Gasteiger partial charge in [-0.1, -0.05) is 32.2 Å². The zero-order valence-corrected chi connectivity index (χ0v) is 18.0. The Balaban J connectivity index is 1.59. The molecule has 0 aliphatic carbocycles. The van der Waals surface area contributed by atoms with Crippen LogP contribution in [0.5, 0.6) is 0 Å². The zero-order chi connectivity index (χ0) is 21.2. The maximum atomic E-state index is 5.67. The van der Waals surface area contributed by atoms with E-state index in [1.165, 1.54) is 0 Å². The first-order chi connectivity index (χ1) is 13.9. The number of ether oxygens (including phenoxy) is 3. The summed E-state index contributed by atoms with van der Waals surface area (Å²) in [7, 11) is 3.75. The average Bonchev–Trinajstić information content (AvgIpc) is 2.68. The summed E-state index contributed by atoms with van der Waals surface area (Å²) in [5.41, 5.74) is 9.54. The van der Waals surface area contributed by atoms with Crippen molar-refractivity contribution in [3.8, 4) is 0 Å². The largest absolute Gasteiger partial charge is 0.496 e. The lowest BCUT2D eigenvalue weighted by atomic mass is 10.1. The van der Waals surface area contributed by atoms with Crippen molar-refractivity contribution in [3.05, 3.63) is 66.0 Å². The molecule has 0 spiro atoms. The number of likely N-dealkylation sites (N-methyl/N-ethyl adjacent to an activating group) is 1. The van der Waals surface area contributed by atoms with Crippen LogP contribution in [0.2, 0.25) is 0 Å². The van der Waals surface area contributed by atoms with Gasteiger partial charge in [0.25, 0.3) is 0 Å². The Labute approximate surface area is 175 Å². The smallest absolute Gasteiger partial charge is 0.148 e. The maximum Gasteiger partial charge on any atom is 0.148 e. The molecule has 6 nitrogen and oxygen atoms in total. The number of hydrogen-bond donors (Lipinski definition) is 1. The van der Waals surface area contributed by atoms with Gasteiger partial charge in [0, 0.05) is 31.4 Å². The van der Waals surface area contributed by atoms with Gasteiger partial charge in [-0.25, -0.2) is 0 Å². The number of allylic oxidation sites excluding steroid dienone is 1. The summed E-state index contributed by atoms with van der Waals surface area (Å²) in [5, 5.41) is 0. The van der Waals surface area contributed by atoms with Gasteiger partial charge in [0.2, 0.25) is 0 Å². The van der Waals surface area contributed by atoms with Crippen LogP contribution < -0.4 is 5.73 Å². The molecule has 0 bridgehead atoms. The zero-order valence-electron chi connectivity index (χ0n) is 18.0. The molecule has 1 saturated heterocycles. The molecule has 0 saturated carbocycles. The monoisotopic (exact) mass is 401 g/mol. The first kappa shape index (κ1) is 23.2. The van der Waals surface area contributed by atoms with Crippen molar-refractivity contribution < 1.29 is 14.2 Å². The van der Waals surface area contributed by atoms with E-state index in [0.717, 1.165) is 54.2 Å². The number of nitrogens with zero attached hydrogens (tertiary/aromatic N) is 2. The molecule has 2 rings (SSSR count). The van der Waals surface area contributed by atoms with Crippen molar-refractivity contribution in [1.29, 1.82) is 0 Å². The molecule has 1 aromatic carbocycles. The van der Waals surface area contributed by atoms with Crippen molar-refractivity contribution in [3.63, 3.8) is 0 Å². The average molecular weight is 402 g/mol. The lowest BCUT2D eigenvalue weighted by Crippen LogP contribution is -2.58. The predicted molar refractivity (Wildman–Crippen MR) is 118 cm³/mol. The predicted octanol–water partition coefficient (Wildman–Crippen LogP) is 3.39. The minimum Gasteiger partial charge on any atom is -0.496 e. The van der Waals surface area contributed by atoms with Gasteiger partial charge in [-0.05, 0) is 48.4 Å². The van der Waals surface area contributed by atoms with Gasteiger partial charge in [0.05, 0.1) is 13.7 Å². The number of rotatable bonds is 13. The molecule has 0 unspecified atom stereocenters. The topological polar surface area (TPSA) is 60.2 Å². The number of nitrogen functional groups attached to an aromatic ring is 1. The first-order valence-electron chi connectivity index (χ1n) is 9.97. The molecule has 29 heavy (non-hydrogen) atoms. The van der Waals surface area contributed by atoms with Crippen LogP contribution in [0.3, 0.4) is 0 Å². The lowest BCUT2D eigenvalue weighted by Gasteiger charge is -2.44. The molecule has 1 fully saturated rings. The van der Waals surface area contributed by atoms with Crippen molar-refractivity contribution in [2.75, 3.05) is 53.0 Å². The molecule has 0 amide bonds. The molecule has 1 aromatic rings. The van der Waals surface area contributed by atoms with E-state index in [1.54, 1.807) is 7.11 Å². The van der Waals surface area contributed by atoms with Gasteiger partial charge in [-0.2, -0.15) is 0 Å². The molecule has 160 valence electrons. The number of likely N-dealkylation sites (tertiary alicyclic amines) is 1. The van der Waals surface area contributed by atoms with Gasteiger partial charge in [0.15, 0.2) is 0 Å². The SMILES string of the molecule is C=C(/C=C(/OC)C(=C)CC)CN1CC(N(C)COCOCc2ccc(N)cc2)C1. The summed E-state index contributed by atoms with van der Waals surface area (Å²) in [6.45, 7) is 14.4. The molecular weight excluding hydrogens is 366 g/mol. The highest BCUT2D eigenvalue weighted by atomic mass is 16.7. The highest BCUT2D eigenvalue weighted by molar-refractivity contribution is 5.39. The maximum absolute atomic E-state index is 5.67. The van der Waals surface area contributed by atoms with E-state index in [2.05, 4.69) is 36.9 Å². The van der Waals surface area contributed by atoms with Crippen LogP contribution in [-0.2, 0) is 20.8 Å². The van der Waals surface area contributed by atoms with Crippen LogP contribution in [0.1, 0.15) is 18.9 Å². The van der Waals surface area contributed by atoms with Gasteiger partial charge < -0.3 is 19.9 Å². The van der Waals surface area contributed by atoms with Crippen LogP contribution in [0.4, 0.5) is 5.69 Å². The lowest BCUT2D eigenvalue weighted by molar-refractivity contribution is -0.109. The Hall–Kier alpha value is -2.12. The third-order valence-electron chi connectivity index (χ3n) is 5.03. The van der Waals surface area contributed by atoms with Crippen LogP contribution in [0.25, 0.3) is 0 Å². The Morgan fingerprint density at radius 2 is 1.93 bits per heavy atom. The van der Waals surface area contributed by atoms with Gasteiger partial charge >= 0.3 is 0 Å². The molecular formula is C23H35N3O3. The number of hydrogen-bond acceptors (Lipinski definition) is 6. The summed E-state index contributed by atoms with van der Waals surface area (Å²) in [6, 6.07) is 8.14. The second-order valence-electron chi connectivity index (χ2n) is 7.47. The highest BCUT2D eigenvalue weighted by Crippen LogP contribution is 2.18. The summed E-state index contributed by atoms with van der Waals surface area (Å²) in [4.78, 5) is 4.57. The minimum atomic E-state index is 0.272. The standard InChI is InChI=1S/C23H35N3O3/c1-6-19(3)23(27-5)11-18(2)12-26-13-22(14-26)25(4)16-29-17-28-15-20-7-9-21(24)10-8-20/h7-11,22H,2-3,6,12-17,24H2,1,4-5H3/b23-11+. The molecule has 1 aliphatic heterocycles. The summed E-state index contributed by atoms with van der Waals surface area (Å²) in [6.07, 6.45) is 2.86. The van der Waals surface area contributed by atoms with Crippen LogP contribution in [0.15, 0.2) is 60.4 Å². The van der Waals surface area contributed by atoms with E-state index in [4.69, 9.17) is 19.9 Å². The molecule has 1 heterocycles.